The molecular weight excluding hydrogens is 210 g/mol. The fourth-order valence-corrected chi connectivity index (χ4v) is 1.59. The third-order valence-corrected chi connectivity index (χ3v) is 2.44. The van der Waals surface area contributed by atoms with Crippen molar-refractivity contribution in [2.75, 3.05) is 0 Å². The van der Waals surface area contributed by atoms with Crippen LogP contribution >= 0.6 is 0 Å². The Balaban J connectivity index is 2.26. The van der Waals surface area contributed by atoms with Crippen LogP contribution in [-0.4, -0.2) is 17.5 Å². The summed E-state index contributed by atoms with van der Waals surface area (Å²) >= 11 is 0. The number of fused-ring (bicyclic) bond motifs is 1. The van der Waals surface area contributed by atoms with Crippen molar-refractivity contribution in [3.63, 3.8) is 0 Å². The predicted molar refractivity (Wildman–Crippen MR) is 59.4 cm³/mol. The summed E-state index contributed by atoms with van der Waals surface area (Å²) in [5.41, 5.74) is 6.92. The highest BCUT2D eigenvalue weighted by Crippen LogP contribution is 2.14. The molecule has 84 valence electrons. The van der Waals surface area contributed by atoms with Crippen molar-refractivity contribution < 1.29 is 8.78 Å². The van der Waals surface area contributed by atoms with Crippen molar-refractivity contribution in [3.05, 3.63) is 42.1 Å². The van der Waals surface area contributed by atoms with Crippen molar-refractivity contribution in [1.29, 1.82) is 0 Å². The summed E-state index contributed by atoms with van der Waals surface area (Å²) in [4.78, 5) is 4.19. The first-order valence-corrected chi connectivity index (χ1v) is 5.04. The minimum atomic E-state index is -2.49. The molecule has 4 heteroatoms. The van der Waals surface area contributed by atoms with E-state index in [4.69, 9.17) is 5.73 Å². The van der Waals surface area contributed by atoms with Crippen LogP contribution in [0.2, 0.25) is 0 Å². The van der Waals surface area contributed by atoms with E-state index in [-0.39, 0.29) is 6.42 Å². The first-order chi connectivity index (χ1) is 7.66. The van der Waals surface area contributed by atoms with Crippen LogP contribution in [0.5, 0.6) is 0 Å². The maximum Gasteiger partial charge on any atom is 0.253 e. The smallest absolute Gasteiger partial charge is 0.253 e. The van der Waals surface area contributed by atoms with Crippen molar-refractivity contribution in [1.82, 2.24) is 4.98 Å². The molecule has 1 aromatic heterocycles. The molecular formula is C12H12F2N2. The van der Waals surface area contributed by atoms with Crippen LogP contribution in [0.3, 0.4) is 0 Å². The molecule has 1 atom stereocenters. The lowest BCUT2D eigenvalue weighted by molar-refractivity contribution is 0.116. The van der Waals surface area contributed by atoms with Gasteiger partial charge < -0.3 is 5.73 Å². The molecule has 1 heterocycles. The number of aromatic nitrogens is 1. The Labute approximate surface area is 92.1 Å². The van der Waals surface area contributed by atoms with Crippen LogP contribution in [0.1, 0.15) is 5.56 Å². The van der Waals surface area contributed by atoms with Crippen molar-refractivity contribution >= 4 is 10.9 Å². The third-order valence-electron chi connectivity index (χ3n) is 2.44. The van der Waals surface area contributed by atoms with Gasteiger partial charge in [-0.2, -0.15) is 0 Å². The van der Waals surface area contributed by atoms with Gasteiger partial charge in [0.1, 0.15) is 0 Å². The Morgan fingerprint density at radius 3 is 2.75 bits per heavy atom. The first kappa shape index (κ1) is 11.0. The summed E-state index contributed by atoms with van der Waals surface area (Å²) in [5, 5.41) is 0.946. The third kappa shape index (κ3) is 2.33. The van der Waals surface area contributed by atoms with Crippen molar-refractivity contribution in [2.45, 2.75) is 18.9 Å². The summed E-state index contributed by atoms with van der Waals surface area (Å²) < 4.78 is 24.6. The standard InChI is InChI=1S/C12H12F2N2/c13-12(14)10(15)6-8-5-9-3-1-2-4-11(9)16-7-8/h1-5,7,10,12H,6,15H2. The van der Waals surface area contributed by atoms with Crippen molar-refractivity contribution in [2.24, 2.45) is 5.73 Å². The molecule has 1 aromatic carbocycles. The van der Waals surface area contributed by atoms with Crippen LogP contribution in [0, 0.1) is 0 Å². The van der Waals surface area contributed by atoms with Gasteiger partial charge in [0.15, 0.2) is 0 Å². The molecule has 0 radical (unpaired) electrons. The zero-order valence-electron chi connectivity index (χ0n) is 8.61. The summed E-state index contributed by atoms with van der Waals surface area (Å²) in [6.07, 6.45) is -0.744. The maximum atomic E-state index is 12.3. The van der Waals surface area contributed by atoms with Gasteiger partial charge in [0.05, 0.1) is 11.6 Å². The van der Waals surface area contributed by atoms with Crippen LogP contribution in [-0.2, 0) is 6.42 Å². The first-order valence-electron chi connectivity index (χ1n) is 5.04. The topological polar surface area (TPSA) is 38.9 Å². The molecule has 0 fully saturated rings. The van der Waals surface area contributed by atoms with Gasteiger partial charge >= 0.3 is 0 Å². The molecule has 0 aliphatic heterocycles. The Bertz CT molecular complexity index is 485. The number of pyridine rings is 1. The zero-order chi connectivity index (χ0) is 11.5. The second-order valence-corrected chi connectivity index (χ2v) is 3.74. The lowest BCUT2D eigenvalue weighted by atomic mass is 10.1. The van der Waals surface area contributed by atoms with Gasteiger partial charge in [0.25, 0.3) is 6.43 Å². The molecule has 0 amide bonds. The Hall–Kier alpha value is -1.55. The number of hydrogen-bond donors (Lipinski definition) is 1. The van der Waals surface area contributed by atoms with Gasteiger partial charge in [0, 0.05) is 11.6 Å². The van der Waals surface area contributed by atoms with Gasteiger partial charge in [-0.3, -0.25) is 4.98 Å². The molecule has 2 aromatic rings. The number of rotatable bonds is 3. The van der Waals surface area contributed by atoms with E-state index >= 15 is 0 Å². The zero-order valence-corrected chi connectivity index (χ0v) is 8.61. The normalized spacial score (nSPS) is 13.2. The fourth-order valence-electron chi connectivity index (χ4n) is 1.59. The molecule has 0 bridgehead atoms. The molecule has 0 saturated carbocycles. The van der Waals surface area contributed by atoms with Crippen LogP contribution in [0.4, 0.5) is 8.78 Å². The van der Waals surface area contributed by atoms with Gasteiger partial charge in [0.2, 0.25) is 0 Å². The molecule has 1 unspecified atom stereocenters. The molecule has 0 saturated heterocycles. The Morgan fingerprint density at radius 2 is 2.00 bits per heavy atom. The van der Waals surface area contributed by atoms with Crippen LogP contribution in [0.25, 0.3) is 10.9 Å². The SMILES string of the molecule is NC(Cc1cnc2ccccc2c1)C(F)F. The van der Waals surface area contributed by atoms with E-state index in [1.165, 1.54) is 0 Å². The Morgan fingerprint density at radius 1 is 1.25 bits per heavy atom. The number of halogens is 2. The maximum absolute atomic E-state index is 12.3. The molecule has 2 rings (SSSR count). The quantitative estimate of drug-likeness (QED) is 0.865. The highest BCUT2D eigenvalue weighted by Gasteiger charge is 2.15. The summed E-state index contributed by atoms with van der Waals surface area (Å²) in [6, 6.07) is 8.29. The lowest BCUT2D eigenvalue weighted by Gasteiger charge is -2.10. The second kappa shape index (κ2) is 4.53. The molecule has 16 heavy (non-hydrogen) atoms. The van der Waals surface area contributed by atoms with Crippen LogP contribution in [0.15, 0.2) is 36.5 Å². The minimum absolute atomic E-state index is 0.148. The van der Waals surface area contributed by atoms with E-state index in [1.54, 1.807) is 6.20 Å². The molecule has 2 N–H and O–H groups in total. The van der Waals surface area contributed by atoms with E-state index in [2.05, 4.69) is 4.98 Å². The van der Waals surface area contributed by atoms with Gasteiger partial charge in [-0.05, 0) is 24.1 Å². The average Bonchev–Trinajstić information content (AvgIpc) is 2.28. The number of hydrogen-bond acceptors (Lipinski definition) is 2. The van der Waals surface area contributed by atoms with E-state index in [1.807, 2.05) is 30.3 Å². The largest absolute Gasteiger partial charge is 0.323 e. The van der Waals surface area contributed by atoms with Crippen LogP contribution < -0.4 is 5.73 Å². The summed E-state index contributed by atoms with van der Waals surface area (Å²) in [7, 11) is 0. The monoisotopic (exact) mass is 222 g/mol. The fraction of sp³-hybridized carbons (Fsp3) is 0.250. The molecule has 0 aliphatic carbocycles. The van der Waals surface area contributed by atoms with E-state index in [0.29, 0.717) is 0 Å². The number of nitrogens with zero attached hydrogens (tertiary/aromatic N) is 1. The number of nitrogens with two attached hydrogens (primary N) is 1. The van der Waals surface area contributed by atoms with Gasteiger partial charge in [-0.25, -0.2) is 8.78 Å². The van der Waals surface area contributed by atoms with E-state index in [9.17, 15) is 8.78 Å². The lowest BCUT2D eigenvalue weighted by Crippen LogP contribution is -2.30. The summed E-state index contributed by atoms with van der Waals surface area (Å²) in [5.74, 6) is 0. The van der Waals surface area contributed by atoms with Crippen molar-refractivity contribution in [3.8, 4) is 0 Å². The molecule has 0 aliphatic rings. The van der Waals surface area contributed by atoms with E-state index in [0.717, 1.165) is 16.5 Å². The van der Waals surface area contributed by atoms with E-state index < -0.39 is 12.5 Å². The predicted octanol–water partition coefficient (Wildman–Crippen LogP) is 2.37. The molecule has 0 spiro atoms. The highest BCUT2D eigenvalue weighted by atomic mass is 19.3. The average molecular weight is 222 g/mol. The number of benzene rings is 1. The molecule has 2 nitrogen and oxygen atoms in total. The Kier molecular flexibility index (Phi) is 3.10. The number of para-hydroxylation sites is 1. The second-order valence-electron chi connectivity index (χ2n) is 3.74. The highest BCUT2D eigenvalue weighted by molar-refractivity contribution is 5.78. The van der Waals surface area contributed by atoms with Gasteiger partial charge in [-0.15, -0.1) is 0 Å². The summed E-state index contributed by atoms with van der Waals surface area (Å²) in [6.45, 7) is 0. The van der Waals surface area contributed by atoms with Gasteiger partial charge in [-0.1, -0.05) is 18.2 Å². The minimum Gasteiger partial charge on any atom is -0.323 e. The number of alkyl halides is 2.